The van der Waals surface area contributed by atoms with Crippen molar-refractivity contribution in [2.75, 3.05) is 25.4 Å². The maximum Gasteiger partial charge on any atom is 0.202 e. The number of fused-ring (bicyclic) bond motifs is 1. The molecule has 1 aliphatic carbocycles. The molecule has 0 spiro atoms. The van der Waals surface area contributed by atoms with Gasteiger partial charge >= 0.3 is 0 Å². The first-order valence-electron chi connectivity index (χ1n) is 9.98. The van der Waals surface area contributed by atoms with E-state index in [-0.39, 0.29) is 11.2 Å². The molecule has 3 aromatic rings. The highest BCUT2D eigenvalue weighted by atomic mass is 32.2. The number of aryl methyl sites for hydroxylation is 1. The summed E-state index contributed by atoms with van der Waals surface area (Å²) in [5, 5.41) is 9.46. The quantitative estimate of drug-likeness (QED) is 0.435. The number of hydrogen-bond acceptors (Lipinski definition) is 6. The average molecular weight is 414 g/mol. The first-order chi connectivity index (χ1) is 14.1. The van der Waals surface area contributed by atoms with Crippen molar-refractivity contribution in [3.8, 4) is 11.6 Å². The van der Waals surface area contributed by atoms with Gasteiger partial charge in [-0.3, -0.25) is 0 Å². The van der Waals surface area contributed by atoms with Crippen LogP contribution in [0.2, 0.25) is 0 Å². The zero-order chi connectivity index (χ0) is 20.0. The van der Waals surface area contributed by atoms with Gasteiger partial charge in [0.15, 0.2) is 17.3 Å². The second kappa shape index (κ2) is 7.25. The van der Waals surface area contributed by atoms with Gasteiger partial charge in [-0.2, -0.15) is 0 Å². The van der Waals surface area contributed by atoms with Crippen molar-refractivity contribution in [1.29, 1.82) is 0 Å². The highest BCUT2D eigenvalue weighted by Gasteiger charge is 2.60. The van der Waals surface area contributed by atoms with E-state index < -0.39 is 0 Å². The molecule has 152 valence electrons. The van der Waals surface area contributed by atoms with E-state index >= 15 is 0 Å². The van der Waals surface area contributed by atoms with Crippen LogP contribution < -0.4 is 0 Å². The van der Waals surface area contributed by atoms with Crippen molar-refractivity contribution in [2.24, 2.45) is 13.0 Å². The Morgan fingerprint density at radius 3 is 2.86 bits per heavy atom. The van der Waals surface area contributed by atoms with Crippen molar-refractivity contribution in [1.82, 2.24) is 24.6 Å². The summed E-state index contributed by atoms with van der Waals surface area (Å²) in [6, 6.07) is 7.12. The van der Waals surface area contributed by atoms with Gasteiger partial charge in [-0.05, 0) is 49.9 Å². The lowest BCUT2D eigenvalue weighted by molar-refractivity contribution is 0.299. The van der Waals surface area contributed by atoms with Gasteiger partial charge in [-0.15, -0.1) is 10.2 Å². The molecule has 29 heavy (non-hydrogen) atoms. The predicted molar refractivity (Wildman–Crippen MR) is 109 cm³/mol. The van der Waals surface area contributed by atoms with Gasteiger partial charge in [0.25, 0.3) is 0 Å². The van der Waals surface area contributed by atoms with E-state index in [0.29, 0.717) is 11.6 Å². The Morgan fingerprint density at radius 1 is 1.28 bits per heavy atom. The smallest absolute Gasteiger partial charge is 0.202 e. The fraction of sp³-hybridized carbons (Fsp3) is 0.476. The second-order valence-electron chi connectivity index (χ2n) is 8.13. The fourth-order valence-electron chi connectivity index (χ4n) is 4.59. The number of hydrogen-bond donors (Lipinski definition) is 0. The SMILES string of the molecule is Cc1ncoc1-c1nnc(SCCCN2C[C@@H]3C[C@]3(c3ccc(F)cc3)C2)n1C. The normalized spacial score (nSPS) is 23.5. The number of thioether (sulfide) groups is 1. The summed E-state index contributed by atoms with van der Waals surface area (Å²) in [6.07, 6.45) is 3.78. The second-order valence-corrected chi connectivity index (χ2v) is 9.20. The molecular weight excluding hydrogens is 389 g/mol. The lowest BCUT2D eigenvalue weighted by Crippen LogP contribution is -2.27. The van der Waals surface area contributed by atoms with Crippen LogP contribution in [0, 0.1) is 18.7 Å². The van der Waals surface area contributed by atoms with E-state index in [1.165, 1.54) is 18.4 Å². The molecule has 2 atom stereocenters. The Morgan fingerprint density at radius 2 is 2.10 bits per heavy atom. The summed E-state index contributed by atoms with van der Waals surface area (Å²) in [4.78, 5) is 6.68. The molecule has 2 fully saturated rings. The van der Waals surface area contributed by atoms with Crippen LogP contribution >= 0.6 is 11.8 Å². The molecule has 2 aromatic heterocycles. The molecule has 1 saturated heterocycles. The van der Waals surface area contributed by atoms with E-state index in [4.69, 9.17) is 4.42 Å². The summed E-state index contributed by atoms with van der Waals surface area (Å²) >= 11 is 1.72. The first-order valence-corrected chi connectivity index (χ1v) is 11.0. The van der Waals surface area contributed by atoms with Crippen molar-refractivity contribution >= 4 is 11.8 Å². The van der Waals surface area contributed by atoms with Crippen LogP contribution in [0.5, 0.6) is 0 Å². The van der Waals surface area contributed by atoms with Gasteiger partial charge < -0.3 is 13.9 Å². The molecule has 0 bridgehead atoms. The molecule has 0 amide bonds. The number of benzene rings is 1. The molecule has 5 rings (SSSR count). The molecule has 0 radical (unpaired) electrons. The molecule has 0 N–H and O–H groups in total. The first kappa shape index (κ1) is 18.8. The standard InChI is InChI=1S/C21H24FN5OS/c1-14-18(28-13-23-14)19-24-25-20(26(19)2)29-9-3-8-27-11-16-10-21(16,12-27)15-4-6-17(22)7-5-15/h4-7,13,16H,3,8-12H2,1-2H3/t16-,21+/m0/s1. The average Bonchev–Trinajstić information content (AvgIpc) is 3.02. The Bertz CT molecular complexity index is 1020. The molecule has 1 saturated carbocycles. The number of likely N-dealkylation sites (tertiary alicyclic amines) is 1. The van der Waals surface area contributed by atoms with Gasteiger partial charge in [-0.1, -0.05) is 23.9 Å². The van der Waals surface area contributed by atoms with Crippen molar-refractivity contribution < 1.29 is 8.81 Å². The minimum absolute atomic E-state index is 0.153. The molecule has 6 nitrogen and oxygen atoms in total. The van der Waals surface area contributed by atoms with Crippen LogP contribution in [0.15, 0.2) is 40.2 Å². The van der Waals surface area contributed by atoms with E-state index in [9.17, 15) is 4.39 Å². The highest BCUT2D eigenvalue weighted by molar-refractivity contribution is 7.99. The van der Waals surface area contributed by atoms with Gasteiger partial charge in [0.2, 0.25) is 5.82 Å². The number of rotatable bonds is 7. The maximum atomic E-state index is 13.2. The Balaban J connectivity index is 1.13. The van der Waals surface area contributed by atoms with E-state index in [1.54, 1.807) is 23.9 Å². The van der Waals surface area contributed by atoms with Gasteiger partial charge in [0.05, 0.1) is 5.69 Å². The molecule has 3 heterocycles. The summed E-state index contributed by atoms with van der Waals surface area (Å²) in [5.74, 6) is 2.95. The topological polar surface area (TPSA) is 60.0 Å². The van der Waals surface area contributed by atoms with Gasteiger partial charge in [-0.25, -0.2) is 9.37 Å². The molecular formula is C21H24FN5OS. The lowest BCUT2D eigenvalue weighted by Gasteiger charge is -2.21. The molecule has 8 heteroatoms. The molecule has 0 unspecified atom stereocenters. The minimum Gasteiger partial charge on any atom is -0.440 e. The number of nitrogens with zero attached hydrogens (tertiary/aromatic N) is 5. The highest BCUT2D eigenvalue weighted by Crippen LogP contribution is 2.58. The lowest BCUT2D eigenvalue weighted by atomic mass is 9.95. The fourth-order valence-corrected chi connectivity index (χ4v) is 5.43. The van der Waals surface area contributed by atoms with Crippen LogP contribution in [0.25, 0.3) is 11.6 Å². The Labute approximate surface area is 173 Å². The number of aromatic nitrogens is 4. The summed E-state index contributed by atoms with van der Waals surface area (Å²) in [6.45, 7) is 5.23. The van der Waals surface area contributed by atoms with E-state index in [0.717, 1.165) is 48.6 Å². The Hall–Kier alpha value is -2.19. The third-order valence-corrected chi connectivity index (χ3v) is 7.38. The minimum atomic E-state index is -0.153. The van der Waals surface area contributed by atoms with Crippen LogP contribution in [0.3, 0.4) is 0 Å². The summed E-state index contributed by atoms with van der Waals surface area (Å²) in [5.41, 5.74) is 2.39. The van der Waals surface area contributed by atoms with Gasteiger partial charge in [0, 0.05) is 31.3 Å². The molecule has 1 aromatic carbocycles. The van der Waals surface area contributed by atoms with Crippen LogP contribution in [0.1, 0.15) is 24.1 Å². The van der Waals surface area contributed by atoms with Crippen molar-refractivity contribution in [3.05, 3.63) is 47.7 Å². The zero-order valence-corrected chi connectivity index (χ0v) is 17.5. The van der Waals surface area contributed by atoms with Crippen LogP contribution in [-0.4, -0.2) is 50.0 Å². The number of piperidine rings is 1. The Kier molecular flexibility index (Phi) is 4.70. The van der Waals surface area contributed by atoms with Crippen LogP contribution in [-0.2, 0) is 12.5 Å². The van der Waals surface area contributed by atoms with E-state index in [2.05, 4.69) is 20.1 Å². The zero-order valence-electron chi connectivity index (χ0n) is 16.6. The third-order valence-electron chi connectivity index (χ3n) is 6.27. The molecule has 1 aliphatic heterocycles. The largest absolute Gasteiger partial charge is 0.440 e. The van der Waals surface area contributed by atoms with Crippen molar-refractivity contribution in [3.63, 3.8) is 0 Å². The summed E-state index contributed by atoms with van der Waals surface area (Å²) in [7, 11) is 1.96. The number of oxazole rings is 1. The maximum absolute atomic E-state index is 13.2. The van der Waals surface area contributed by atoms with Crippen molar-refractivity contribution in [2.45, 2.75) is 30.3 Å². The van der Waals surface area contributed by atoms with Gasteiger partial charge in [0.1, 0.15) is 5.82 Å². The molecule has 2 aliphatic rings. The van der Waals surface area contributed by atoms with Crippen LogP contribution in [0.4, 0.5) is 4.39 Å². The van der Waals surface area contributed by atoms with E-state index in [1.807, 2.05) is 30.7 Å². The third kappa shape index (κ3) is 3.38. The monoisotopic (exact) mass is 413 g/mol. The number of halogens is 1. The summed E-state index contributed by atoms with van der Waals surface area (Å²) < 4.78 is 20.6. The predicted octanol–water partition coefficient (Wildman–Crippen LogP) is 3.67.